The molecule has 0 aromatic carbocycles. The van der Waals surface area contributed by atoms with Gasteiger partial charge in [-0.1, -0.05) is 55.6 Å². The van der Waals surface area contributed by atoms with Crippen molar-refractivity contribution in [2.75, 3.05) is 0 Å². The fraction of sp³-hybridized carbons (Fsp3) is 0.917. The van der Waals surface area contributed by atoms with Gasteiger partial charge in [-0.25, -0.2) is 4.79 Å². The van der Waals surface area contributed by atoms with Crippen LogP contribution in [0, 0.1) is 16.7 Å². The van der Waals surface area contributed by atoms with E-state index in [-0.39, 0.29) is 16.9 Å². The number of esters is 1. The third-order valence-corrected chi connectivity index (χ3v) is 5.66. The second-order valence-electron chi connectivity index (χ2n) is 6.00. The van der Waals surface area contributed by atoms with Crippen LogP contribution in [0.25, 0.3) is 0 Å². The summed E-state index contributed by atoms with van der Waals surface area (Å²) in [6.07, 6.45) is 3.03. The van der Waals surface area contributed by atoms with Gasteiger partial charge in [-0.2, -0.15) is 0 Å². The summed E-state index contributed by atoms with van der Waals surface area (Å²) in [4.78, 5) is 11.6. The maximum Gasteiger partial charge on any atom is 0.358 e. The smallest absolute Gasteiger partial charge is 0.358 e. The summed E-state index contributed by atoms with van der Waals surface area (Å²) in [5, 5.41) is 0. The number of rotatable bonds is 1. The van der Waals surface area contributed by atoms with E-state index in [1.54, 1.807) is 0 Å². The summed E-state index contributed by atoms with van der Waals surface area (Å²) >= 11 is 16.6. The van der Waals surface area contributed by atoms with E-state index in [0.717, 1.165) is 12.8 Å². The standard InChI is InChI=1S/C12H17Cl3O2/c1-10(2)7-4-5-11(10,3)8(6-7)17-9(16)12(13,14)15/h7-8H,4-6H2,1-3H3/t7-,8+,11+/m0/s1. The molecule has 0 saturated heterocycles. The van der Waals surface area contributed by atoms with E-state index in [1.807, 2.05) is 0 Å². The lowest BCUT2D eigenvalue weighted by molar-refractivity contribution is -0.155. The average Bonchev–Trinajstić information content (AvgIpc) is 2.49. The molecular weight excluding hydrogens is 282 g/mol. The number of ether oxygens (including phenoxy) is 1. The van der Waals surface area contributed by atoms with Crippen LogP contribution in [-0.4, -0.2) is 15.9 Å². The fourth-order valence-corrected chi connectivity index (χ4v) is 3.64. The van der Waals surface area contributed by atoms with Gasteiger partial charge in [-0.05, 0) is 30.6 Å². The summed E-state index contributed by atoms with van der Waals surface area (Å²) in [6, 6.07) is 0. The number of fused-ring (bicyclic) bond motifs is 2. The molecule has 0 heterocycles. The topological polar surface area (TPSA) is 26.3 Å². The van der Waals surface area contributed by atoms with Crippen LogP contribution < -0.4 is 0 Å². The fourth-order valence-electron chi connectivity index (χ4n) is 3.50. The number of hydrogen-bond acceptors (Lipinski definition) is 2. The van der Waals surface area contributed by atoms with Crippen LogP contribution in [-0.2, 0) is 9.53 Å². The summed E-state index contributed by atoms with van der Waals surface area (Å²) in [7, 11) is 0. The number of carbonyl (C=O) groups excluding carboxylic acids is 1. The largest absolute Gasteiger partial charge is 0.459 e. The first kappa shape index (κ1) is 13.8. The third-order valence-electron chi connectivity index (χ3n) is 5.19. The van der Waals surface area contributed by atoms with E-state index in [4.69, 9.17) is 39.5 Å². The molecule has 3 atom stereocenters. The highest BCUT2D eigenvalue weighted by atomic mass is 35.6. The Bertz CT molecular complexity index is 348. The van der Waals surface area contributed by atoms with Crippen LogP contribution in [0.3, 0.4) is 0 Å². The minimum absolute atomic E-state index is 0.00322. The maximum absolute atomic E-state index is 11.6. The maximum atomic E-state index is 11.6. The first-order valence-electron chi connectivity index (χ1n) is 5.87. The molecule has 0 radical (unpaired) electrons. The molecule has 0 aromatic heterocycles. The van der Waals surface area contributed by atoms with Gasteiger partial charge < -0.3 is 4.74 Å². The average molecular weight is 300 g/mol. The highest BCUT2D eigenvalue weighted by molar-refractivity contribution is 6.75. The van der Waals surface area contributed by atoms with Gasteiger partial charge >= 0.3 is 5.97 Å². The molecule has 2 nitrogen and oxygen atoms in total. The summed E-state index contributed by atoms with van der Waals surface area (Å²) in [5.41, 5.74) is 0.189. The van der Waals surface area contributed by atoms with Crippen LogP contribution in [0.1, 0.15) is 40.0 Å². The van der Waals surface area contributed by atoms with E-state index >= 15 is 0 Å². The van der Waals surface area contributed by atoms with E-state index < -0.39 is 9.76 Å². The van der Waals surface area contributed by atoms with Crippen molar-refractivity contribution in [2.45, 2.75) is 49.9 Å². The molecule has 2 rings (SSSR count). The molecular formula is C12H17Cl3O2. The van der Waals surface area contributed by atoms with Crippen LogP contribution in [0.2, 0.25) is 0 Å². The van der Waals surface area contributed by atoms with Crippen molar-refractivity contribution in [3.05, 3.63) is 0 Å². The van der Waals surface area contributed by atoms with Crippen molar-refractivity contribution in [3.63, 3.8) is 0 Å². The molecule has 0 spiro atoms. The van der Waals surface area contributed by atoms with E-state index in [0.29, 0.717) is 5.92 Å². The zero-order valence-corrected chi connectivity index (χ0v) is 12.5. The molecule has 5 heteroatoms. The molecule has 2 aliphatic rings. The van der Waals surface area contributed by atoms with Gasteiger partial charge in [0.05, 0.1) is 0 Å². The zero-order chi connectivity index (χ0) is 13.1. The van der Waals surface area contributed by atoms with Crippen LogP contribution in [0.5, 0.6) is 0 Å². The number of alkyl halides is 3. The Labute approximate surface area is 117 Å². The lowest BCUT2D eigenvalue weighted by Gasteiger charge is -2.38. The van der Waals surface area contributed by atoms with Crippen molar-refractivity contribution < 1.29 is 9.53 Å². The third kappa shape index (κ3) is 1.97. The molecule has 0 N–H and O–H groups in total. The van der Waals surface area contributed by atoms with Gasteiger partial charge in [0.25, 0.3) is 3.79 Å². The minimum Gasteiger partial charge on any atom is -0.459 e. The SMILES string of the molecule is CC1(C)[C@H]2CC[C@]1(C)[C@H](OC(=O)C(Cl)(Cl)Cl)C2. The van der Waals surface area contributed by atoms with Gasteiger partial charge in [0.15, 0.2) is 0 Å². The second-order valence-corrected chi connectivity index (χ2v) is 8.28. The van der Waals surface area contributed by atoms with Crippen molar-refractivity contribution in [1.29, 1.82) is 0 Å². The Kier molecular flexibility index (Phi) is 3.17. The number of hydrogen-bond donors (Lipinski definition) is 0. The molecule has 0 aliphatic heterocycles. The number of halogens is 3. The number of carbonyl (C=O) groups is 1. The monoisotopic (exact) mass is 298 g/mol. The highest BCUT2D eigenvalue weighted by Crippen LogP contribution is 2.66. The Hall–Kier alpha value is 0.340. The zero-order valence-electron chi connectivity index (χ0n) is 10.2. The van der Waals surface area contributed by atoms with Crippen molar-refractivity contribution in [2.24, 2.45) is 16.7 Å². The molecule has 0 unspecified atom stereocenters. The normalized spacial score (nSPS) is 39.4. The Balaban J connectivity index is 2.14. The predicted molar refractivity (Wildman–Crippen MR) is 69.4 cm³/mol. The quantitative estimate of drug-likeness (QED) is 0.538. The van der Waals surface area contributed by atoms with E-state index in [1.165, 1.54) is 6.42 Å². The molecule has 17 heavy (non-hydrogen) atoms. The molecule has 0 aromatic rings. The second kappa shape index (κ2) is 3.91. The minimum atomic E-state index is -1.97. The summed E-state index contributed by atoms with van der Waals surface area (Å²) < 4.78 is 3.44. The van der Waals surface area contributed by atoms with Crippen LogP contribution >= 0.6 is 34.8 Å². The van der Waals surface area contributed by atoms with Crippen molar-refractivity contribution in [3.8, 4) is 0 Å². The van der Waals surface area contributed by atoms with E-state index in [9.17, 15) is 4.79 Å². The molecule has 98 valence electrons. The van der Waals surface area contributed by atoms with Crippen LogP contribution in [0.15, 0.2) is 0 Å². The Morgan fingerprint density at radius 2 is 1.88 bits per heavy atom. The summed E-state index contributed by atoms with van der Waals surface area (Å²) in [5.74, 6) is -0.155. The first-order chi connectivity index (χ1) is 7.59. The molecule has 2 saturated carbocycles. The predicted octanol–water partition coefficient (Wildman–Crippen LogP) is 4.11. The highest BCUT2D eigenvalue weighted by Gasteiger charge is 2.63. The van der Waals surface area contributed by atoms with Crippen molar-refractivity contribution in [1.82, 2.24) is 0 Å². The van der Waals surface area contributed by atoms with E-state index in [2.05, 4.69) is 20.8 Å². The lowest BCUT2D eigenvalue weighted by Crippen LogP contribution is -2.40. The Morgan fingerprint density at radius 1 is 1.29 bits per heavy atom. The van der Waals surface area contributed by atoms with Gasteiger partial charge in [-0.15, -0.1) is 0 Å². The first-order valence-corrected chi connectivity index (χ1v) is 7.00. The molecule has 0 amide bonds. The Morgan fingerprint density at radius 3 is 2.24 bits per heavy atom. The molecule has 2 fully saturated rings. The van der Waals surface area contributed by atoms with Gasteiger partial charge in [0.2, 0.25) is 0 Å². The van der Waals surface area contributed by atoms with Gasteiger partial charge in [0, 0.05) is 5.41 Å². The summed E-state index contributed by atoms with van der Waals surface area (Å²) in [6.45, 7) is 6.66. The lowest BCUT2D eigenvalue weighted by atomic mass is 9.70. The molecule has 2 aliphatic carbocycles. The van der Waals surface area contributed by atoms with Gasteiger partial charge in [0.1, 0.15) is 6.10 Å². The van der Waals surface area contributed by atoms with Crippen molar-refractivity contribution >= 4 is 40.8 Å². The van der Waals surface area contributed by atoms with Gasteiger partial charge in [-0.3, -0.25) is 0 Å². The van der Waals surface area contributed by atoms with Crippen LogP contribution in [0.4, 0.5) is 0 Å². The molecule has 2 bridgehead atoms.